The smallest absolute Gasteiger partial charge is 0.00153 e. The summed E-state index contributed by atoms with van der Waals surface area (Å²) in [6.07, 6.45) is 10.3. The van der Waals surface area contributed by atoms with Crippen LogP contribution in [0.1, 0.15) is 39.5 Å². The van der Waals surface area contributed by atoms with Crippen molar-refractivity contribution >= 4 is 0 Å². The predicted molar refractivity (Wildman–Crippen MR) is 65.8 cm³/mol. The van der Waals surface area contributed by atoms with Crippen LogP contribution >= 0.6 is 0 Å². The van der Waals surface area contributed by atoms with E-state index in [9.17, 15) is 0 Å². The van der Waals surface area contributed by atoms with Crippen LogP contribution in [0.4, 0.5) is 0 Å². The van der Waals surface area contributed by atoms with Crippen molar-refractivity contribution in [3.8, 4) is 0 Å². The lowest BCUT2D eigenvalue weighted by Gasteiger charge is -2.40. The highest BCUT2D eigenvalue weighted by Crippen LogP contribution is 2.37. The number of hydrogen-bond donors (Lipinski definition) is 1. The first kappa shape index (κ1) is 11.2. The van der Waals surface area contributed by atoms with Gasteiger partial charge in [-0.05, 0) is 62.4 Å². The quantitative estimate of drug-likeness (QED) is 0.686. The summed E-state index contributed by atoms with van der Waals surface area (Å²) in [4.78, 5) is 0. The lowest BCUT2D eigenvalue weighted by Crippen LogP contribution is -2.42. The van der Waals surface area contributed by atoms with Crippen molar-refractivity contribution in [1.29, 1.82) is 0 Å². The molecule has 0 aromatic rings. The van der Waals surface area contributed by atoms with Gasteiger partial charge in [0.1, 0.15) is 0 Å². The van der Waals surface area contributed by atoms with Crippen LogP contribution in [-0.2, 0) is 0 Å². The fourth-order valence-electron chi connectivity index (χ4n) is 3.42. The zero-order valence-electron chi connectivity index (χ0n) is 10.2. The van der Waals surface area contributed by atoms with Crippen molar-refractivity contribution in [2.24, 2.45) is 23.7 Å². The van der Waals surface area contributed by atoms with Gasteiger partial charge in [-0.25, -0.2) is 0 Å². The molecule has 1 fully saturated rings. The second-order valence-electron chi connectivity index (χ2n) is 5.61. The number of piperidine rings is 1. The largest absolute Gasteiger partial charge is 0.316 e. The molecule has 1 aliphatic heterocycles. The number of hydrogen-bond acceptors (Lipinski definition) is 1. The van der Waals surface area contributed by atoms with Gasteiger partial charge in [-0.2, -0.15) is 0 Å². The fraction of sp³-hybridized carbons (Fsp3) is 0.857. The number of allylic oxidation sites excluding steroid dienone is 2. The minimum atomic E-state index is 0.841. The third-order valence-electron chi connectivity index (χ3n) is 4.36. The molecule has 15 heavy (non-hydrogen) atoms. The maximum atomic E-state index is 3.57. The van der Waals surface area contributed by atoms with Gasteiger partial charge in [0, 0.05) is 0 Å². The Hall–Kier alpha value is -0.300. The Morgan fingerprint density at radius 1 is 1.20 bits per heavy atom. The van der Waals surface area contributed by atoms with Gasteiger partial charge < -0.3 is 5.32 Å². The van der Waals surface area contributed by atoms with Gasteiger partial charge in [0.05, 0.1) is 0 Å². The molecule has 86 valence electrons. The van der Waals surface area contributed by atoms with Crippen LogP contribution in [0, 0.1) is 23.7 Å². The summed E-state index contributed by atoms with van der Waals surface area (Å²) in [5.74, 6) is 3.71. The van der Waals surface area contributed by atoms with E-state index in [0.29, 0.717) is 0 Å². The molecule has 0 radical (unpaired) electrons. The molecule has 1 heterocycles. The summed E-state index contributed by atoms with van der Waals surface area (Å²) >= 11 is 0. The van der Waals surface area contributed by atoms with E-state index in [2.05, 4.69) is 31.3 Å². The van der Waals surface area contributed by atoms with Crippen molar-refractivity contribution in [3.63, 3.8) is 0 Å². The Labute approximate surface area is 94.3 Å². The van der Waals surface area contributed by atoms with Crippen LogP contribution in [0.2, 0.25) is 0 Å². The van der Waals surface area contributed by atoms with E-state index in [-0.39, 0.29) is 0 Å². The zero-order valence-corrected chi connectivity index (χ0v) is 10.2. The second kappa shape index (κ2) is 5.16. The predicted octanol–water partition coefficient (Wildman–Crippen LogP) is 3.22. The minimum Gasteiger partial charge on any atom is -0.316 e. The Morgan fingerprint density at radius 3 is 2.73 bits per heavy atom. The molecular weight excluding hydrogens is 182 g/mol. The molecule has 0 spiro atoms. The molecule has 0 saturated carbocycles. The SMILES string of the molecule is CC(C)C1CNCCC1C1CC=CCC1. The molecule has 0 aromatic heterocycles. The Balaban J connectivity index is 2.00. The summed E-state index contributed by atoms with van der Waals surface area (Å²) < 4.78 is 0. The highest BCUT2D eigenvalue weighted by Gasteiger charge is 2.32. The highest BCUT2D eigenvalue weighted by molar-refractivity contribution is 4.95. The summed E-state index contributed by atoms with van der Waals surface area (Å²) in [5.41, 5.74) is 0. The van der Waals surface area contributed by atoms with Crippen LogP contribution in [0.5, 0.6) is 0 Å². The Morgan fingerprint density at radius 2 is 2.07 bits per heavy atom. The average molecular weight is 207 g/mol. The van der Waals surface area contributed by atoms with E-state index in [1.807, 2.05) is 0 Å². The molecule has 3 atom stereocenters. The van der Waals surface area contributed by atoms with Crippen molar-refractivity contribution in [2.45, 2.75) is 39.5 Å². The molecule has 2 aliphatic rings. The molecule has 1 saturated heterocycles. The van der Waals surface area contributed by atoms with Gasteiger partial charge in [0.2, 0.25) is 0 Å². The second-order valence-corrected chi connectivity index (χ2v) is 5.61. The van der Waals surface area contributed by atoms with Crippen LogP contribution < -0.4 is 5.32 Å². The topological polar surface area (TPSA) is 12.0 Å². The molecule has 1 aliphatic carbocycles. The van der Waals surface area contributed by atoms with Crippen LogP contribution in [0.25, 0.3) is 0 Å². The molecule has 0 amide bonds. The van der Waals surface area contributed by atoms with Gasteiger partial charge in [-0.1, -0.05) is 26.0 Å². The highest BCUT2D eigenvalue weighted by atomic mass is 14.9. The van der Waals surface area contributed by atoms with E-state index >= 15 is 0 Å². The molecule has 1 nitrogen and oxygen atoms in total. The van der Waals surface area contributed by atoms with Gasteiger partial charge in [0.15, 0.2) is 0 Å². The maximum Gasteiger partial charge on any atom is -0.00153 e. The summed E-state index contributed by atoms with van der Waals surface area (Å²) in [7, 11) is 0. The lowest BCUT2D eigenvalue weighted by molar-refractivity contribution is 0.126. The summed E-state index contributed by atoms with van der Waals surface area (Å²) in [5, 5.41) is 3.57. The lowest BCUT2D eigenvalue weighted by atomic mass is 9.69. The molecule has 0 bridgehead atoms. The first-order valence-corrected chi connectivity index (χ1v) is 6.64. The Kier molecular flexibility index (Phi) is 3.85. The van der Waals surface area contributed by atoms with Crippen LogP contribution in [0.3, 0.4) is 0 Å². The number of rotatable bonds is 2. The monoisotopic (exact) mass is 207 g/mol. The van der Waals surface area contributed by atoms with Crippen molar-refractivity contribution in [3.05, 3.63) is 12.2 Å². The van der Waals surface area contributed by atoms with Crippen LogP contribution in [-0.4, -0.2) is 13.1 Å². The van der Waals surface area contributed by atoms with E-state index in [0.717, 1.165) is 23.7 Å². The third kappa shape index (κ3) is 2.63. The molecular formula is C14H25N. The minimum absolute atomic E-state index is 0.841. The van der Waals surface area contributed by atoms with Gasteiger partial charge in [-0.15, -0.1) is 0 Å². The third-order valence-corrected chi connectivity index (χ3v) is 4.36. The van der Waals surface area contributed by atoms with Crippen LogP contribution in [0.15, 0.2) is 12.2 Å². The summed E-state index contributed by atoms with van der Waals surface area (Å²) in [6.45, 7) is 7.28. The van der Waals surface area contributed by atoms with Gasteiger partial charge in [-0.3, -0.25) is 0 Å². The van der Waals surface area contributed by atoms with Gasteiger partial charge >= 0.3 is 0 Å². The van der Waals surface area contributed by atoms with E-state index < -0.39 is 0 Å². The summed E-state index contributed by atoms with van der Waals surface area (Å²) in [6, 6.07) is 0. The van der Waals surface area contributed by atoms with Crippen molar-refractivity contribution < 1.29 is 0 Å². The molecule has 1 N–H and O–H groups in total. The van der Waals surface area contributed by atoms with Crippen molar-refractivity contribution in [2.75, 3.05) is 13.1 Å². The standard InChI is InChI=1S/C14H25N/c1-11(2)14-10-15-9-8-13(14)12-6-4-3-5-7-12/h3-4,11-15H,5-10H2,1-2H3. The normalized spacial score (nSPS) is 37.1. The van der Waals surface area contributed by atoms with Crippen molar-refractivity contribution in [1.82, 2.24) is 5.32 Å². The molecule has 1 heteroatoms. The van der Waals surface area contributed by atoms with E-state index in [1.54, 1.807) is 0 Å². The number of nitrogens with one attached hydrogen (secondary N) is 1. The Bertz CT molecular complexity index is 219. The fourth-order valence-corrected chi connectivity index (χ4v) is 3.42. The first-order chi connectivity index (χ1) is 7.29. The van der Waals surface area contributed by atoms with Gasteiger partial charge in [0.25, 0.3) is 0 Å². The first-order valence-electron chi connectivity index (χ1n) is 6.64. The van der Waals surface area contributed by atoms with E-state index in [4.69, 9.17) is 0 Å². The van der Waals surface area contributed by atoms with E-state index in [1.165, 1.54) is 38.8 Å². The average Bonchev–Trinajstić information content (AvgIpc) is 2.30. The molecule has 3 unspecified atom stereocenters. The maximum absolute atomic E-state index is 3.57. The molecule has 0 aromatic carbocycles. The molecule has 2 rings (SSSR count). The zero-order chi connectivity index (χ0) is 10.7.